The molecule has 6 aromatic rings. The SMILES string of the molecule is COc1cc(Cl)cc(C=Nn2c(-c3cc4c(OC)cccc4o3)nc3ccccc3c2=O)c1OCc1ccc2c(c1)OCO2. The molecule has 0 radical (unpaired) electrons. The van der Waals surface area contributed by atoms with Crippen LogP contribution < -0.4 is 29.2 Å². The lowest BCUT2D eigenvalue weighted by molar-refractivity contribution is 0.174. The van der Waals surface area contributed by atoms with Gasteiger partial charge in [0.2, 0.25) is 12.6 Å². The summed E-state index contributed by atoms with van der Waals surface area (Å²) in [5, 5.41) is 6.12. The lowest BCUT2D eigenvalue weighted by Crippen LogP contribution is -2.20. The maximum atomic E-state index is 13.8. The average molecular weight is 610 g/mol. The Morgan fingerprint density at radius 1 is 0.932 bits per heavy atom. The predicted octanol–water partition coefficient (Wildman–Crippen LogP) is 6.67. The summed E-state index contributed by atoms with van der Waals surface area (Å²) in [7, 11) is 3.10. The molecule has 0 fully saturated rings. The zero-order valence-corrected chi connectivity index (χ0v) is 24.3. The number of halogens is 1. The minimum Gasteiger partial charge on any atom is -0.496 e. The average Bonchev–Trinajstić information content (AvgIpc) is 3.70. The Morgan fingerprint density at radius 3 is 2.64 bits per heavy atom. The van der Waals surface area contributed by atoms with E-state index in [9.17, 15) is 4.79 Å². The van der Waals surface area contributed by atoms with E-state index in [2.05, 4.69) is 5.10 Å². The molecule has 0 aliphatic carbocycles. The zero-order valence-electron chi connectivity index (χ0n) is 23.6. The Morgan fingerprint density at radius 2 is 1.77 bits per heavy atom. The maximum Gasteiger partial charge on any atom is 0.282 e. The Labute approximate surface area is 255 Å². The highest BCUT2D eigenvalue weighted by Crippen LogP contribution is 2.37. The third-order valence-corrected chi connectivity index (χ3v) is 7.33. The molecule has 1 aliphatic rings. The van der Waals surface area contributed by atoms with Crippen LogP contribution in [0.25, 0.3) is 33.5 Å². The number of aromatic nitrogens is 2. The van der Waals surface area contributed by atoms with Crippen molar-refractivity contribution < 1.29 is 28.1 Å². The molecule has 2 aromatic heterocycles. The Kier molecular flexibility index (Phi) is 7.03. The van der Waals surface area contributed by atoms with E-state index in [1.165, 1.54) is 18.0 Å². The van der Waals surface area contributed by atoms with Crippen LogP contribution in [0.1, 0.15) is 11.1 Å². The number of hydrogen-bond donors (Lipinski definition) is 0. The van der Waals surface area contributed by atoms with Gasteiger partial charge in [0.05, 0.1) is 36.7 Å². The highest BCUT2D eigenvalue weighted by molar-refractivity contribution is 6.31. The second kappa shape index (κ2) is 11.3. The molecule has 0 spiro atoms. The van der Waals surface area contributed by atoms with Gasteiger partial charge < -0.3 is 28.1 Å². The molecule has 0 atom stereocenters. The Balaban J connectivity index is 1.32. The van der Waals surface area contributed by atoms with E-state index in [0.29, 0.717) is 61.6 Å². The minimum atomic E-state index is -0.383. The van der Waals surface area contributed by atoms with Gasteiger partial charge in [-0.3, -0.25) is 4.79 Å². The van der Waals surface area contributed by atoms with Crippen LogP contribution in [0, 0.1) is 0 Å². The fourth-order valence-electron chi connectivity index (χ4n) is 5.01. The smallest absolute Gasteiger partial charge is 0.282 e. The van der Waals surface area contributed by atoms with Crippen LogP contribution in [-0.2, 0) is 6.61 Å². The first-order valence-corrected chi connectivity index (χ1v) is 13.9. The van der Waals surface area contributed by atoms with Crippen LogP contribution >= 0.6 is 11.6 Å². The first-order valence-electron chi connectivity index (χ1n) is 13.5. The molecule has 220 valence electrons. The van der Waals surface area contributed by atoms with Crippen LogP contribution in [0.2, 0.25) is 5.02 Å². The van der Waals surface area contributed by atoms with Crippen LogP contribution in [0.3, 0.4) is 0 Å². The number of fused-ring (bicyclic) bond motifs is 3. The second-order valence-electron chi connectivity index (χ2n) is 9.80. The first kappa shape index (κ1) is 27.4. The molecule has 0 amide bonds. The van der Waals surface area contributed by atoms with Gasteiger partial charge >= 0.3 is 0 Å². The fourth-order valence-corrected chi connectivity index (χ4v) is 5.23. The molecule has 0 bridgehead atoms. The van der Waals surface area contributed by atoms with Gasteiger partial charge in [-0.15, -0.1) is 0 Å². The van der Waals surface area contributed by atoms with Crippen LogP contribution in [-0.4, -0.2) is 36.9 Å². The summed E-state index contributed by atoms with van der Waals surface area (Å²) < 4.78 is 35.5. The van der Waals surface area contributed by atoms with Gasteiger partial charge in [0.1, 0.15) is 17.9 Å². The van der Waals surface area contributed by atoms with Crippen LogP contribution in [0.5, 0.6) is 28.7 Å². The van der Waals surface area contributed by atoms with Gasteiger partial charge in [-0.2, -0.15) is 9.78 Å². The van der Waals surface area contributed by atoms with Crippen molar-refractivity contribution in [3.8, 4) is 40.3 Å². The summed E-state index contributed by atoms with van der Waals surface area (Å²) in [6.07, 6.45) is 1.48. The van der Waals surface area contributed by atoms with Gasteiger partial charge in [-0.1, -0.05) is 35.9 Å². The largest absolute Gasteiger partial charge is 0.496 e. The topological polar surface area (TPSA) is 107 Å². The van der Waals surface area contributed by atoms with Crippen molar-refractivity contribution in [2.75, 3.05) is 21.0 Å². The highest BCUT2D eigenvalue weighted by Gasteiger charge is 2.19. The fraction of sp³-hybridized carbons (Fsp3) is 0.121. The monoisotopic (exact) mass is 609 g/mol. The van der Waals surface area contributed by atoms with E-state index >= 15 is 0 Å². The number of furan rings is 1. The van der Waals surface area contributed by atoms with E-state index in [4.69, 9.17) is 44.7 Å². The summed E-state index contributed by atoms with van der Waals surface area (Å²) in [5.74, 6) is 3.29. The third-order valence-electron chi connectivity index (χ3n) is 7.12. The molecule has 7 rings (SSSR count). The molecule has 0 saturated carbocycles. The van der Waals surface area contributed by atoms with Gasteiger partial charge in [-0.05, 0) is 54.1 Å². The normalized spacial score (nSPS) is 12.3. The number of benzene rings is 4. The minimum absolute atomic E-state index is 0.178. The molecule has 1 aliphatic heterocycles. The van der Waals surface area contributed by atoms with Crippen molar-refractivity contribution in [3.05, 3.63) is 105 Å². The van der Waals surface area contributed by atoms with E-state index in [-0.39, 0.29) is 24.8 Å². The molecule has 10 nitrogen and oxygen atoms in total. The quantitative estimate of drug-likeness (QED) is 0.176. The van der Waals surface area contributed by atoms with Crippen molar-refractivity contribution in [3.63, 3.8) is 0 Å². The molecular formula is C33H24ClN3O7. The number of methoxy groups -OCH3 is 2. The Hall–Kier alpha value is -5.48. The maximum absolute atomic E-state index is 13.8. The van der Waals surface area contributed by atoms with Crippen molar-refractivity contribution in [1.29, 1.82) is 0 Å². The van der Waals surface area contributed by atoms with Crippen molar-refractivity contribution in [1.82, 2.24) is 9.66 Å². The number of rotatable bonds is 8. The first-order chi connectivity index (χ1) is 21.5. The zero-order chi connectivity index (χ0) is 30.2. The Bertz CT molecular complexity index is 2140. The van der Waals surface area contributed by atoms with Crippen molar-refractivity contribution in [2.24, 2.45) is 5.10 Å². The van der Waals surface area contributed by atoms with Gasteiger partial charge in [-0.25, -0.2) is 4.98 Å². The molecule has 0 N–H and O–H groups in total. The molecule has 11 heteroatoms. The molecule has 4 aromatic carbocycles. The van der Waals surface area contributed by atoms with Gasteiger partial charge in [0.25, 0.3) is 5.56 Å². The molecule has 0 unspecified atom stereocenters. The van der Waals surface area contributed by atoms with Crippen LogP contribution in [0.15, 0.2) is 93.2 Å². The third kappa shape index (κ3) is 4.95. The standard InChI is InChI=1S/C33H24ClN3O7/c1-39-25-8-5-9-26-23(25)15-30(44-26)32-36-24-7-4-3-6-22(24)33(38)37(32)35-16-20-13-21(34)14-29(40-2)31(20)41-17-19-10-11-27-28(12-19)43-18-42-27/h3-16H,17-18H2,1-2H3. The molecule has 3 heterocycles. The van der Waals surface area contributed by atoms with E-state index < -0.39 is 0 Å². The molecular weight excluding hydrogens is 586 g/mol. The molecule has 44 heavy (non-hydrogen) atoms. The predicted molar refractivity (Wildman–Crippen MR) is 166 cm³/mol. The van der Waals surface area contributed by atoms with Gasteiger partial charge in [0, 0.05) is 16.7 Å². The summed E-state index contributed by atoms with van der Waals surface area (Å²) in [6, 6.07) is 23.2. The summed E-state index contributed by atoms with van der Waals surface area (Å²) in [6.45, 7) is 0.372. The van der Waals surface area contributed by atoms with E-state index in [0.717, 1.165) is 10.9 Å². The molecule has 0 saturated heterocycles. The van der Waals surface area contributed by atoms with Crippen molar-refractivity contribution in [2.45, 2.75) is 6.61 Å². The number of nitrogens with zero attached hydrogens (tertiary/aromatic N) is 3. The lowest BCUT2D eigenvalue weighted by Gasteiger charge is -2.14. The van der Waals surface area contributed by atoms with E-state index in [1.807, 2.05) is 42.5 Å². The summed E-state index contributed by atoms with van der Waals surface area (Å²) in [4.78, 5) is 18.6. The lowest BCUT2D eigenvalue weighted by atomic mass is 10.2. The van der Waals surface area contributed by atoms with Crippen LogP contribution in [0.4, 0.5) is 0 Å². The van der Waals surface area contributed by atoms with Crippen molar-refractivity contribution >= 4 is 39.7 Å². The highest BCUT2D eigenvalue weighted by atomic mass is 35.5. The summed E-state index contributed by atoms with van der Waals surface area (Å²) >= 11 is 6.44. The summed E-state index contributed by atoms with van der Waals surface area (Å²) in [5.41, 5.74) is 2.03. The number of ether oxygens (including phenoxy) is 5. The second-order valence-corrected chi connectivity index (χ2v) is 10.2. The van der Waals surface area contributed by atoms with E-state index in [1.54, 1.807) is 43.5 Å². The number of hydrogen-bond acceptors (Lipinski definition) is 9. The number of para-hydroxylation sites is 1. The van der Waals surface area contributed by atoms with Gasteiger partial charge in [0.15, 0.2) is 28.8 Å².